The monoisotopic (exact) mass is 271 g/mol. The minimum Gasteiger partial charge on any atom is -0.437 e. The number of alkyl halides is 1. The Morgan fingerprint density at radius 2 is 2.05 bits per heavy atom. The number of hydrogen-bond acceptors (Lipinski definition) is 4. The fraction of sp³-hybridized carbons (Fsp3) is 0.0714. The molecular weight excluding hydrogens is 262 g/mol. The molecule has 0 spiro atoms. The van der Waals surface area contributed by atoms with Gasteiger partial charge in [-0.1, -0.05) is 6.07 Å². The summed E-state index contributed by atoms with van der Waals surface area (Å²) in [6.45, 7) is 0. The zero-order valence-corrected chi connectivity index (χ0v) is 10.7. The van der Waals surface area contributed by atoms with Gasteiger partial charge in [-0.15, -0.1) is 11.6 Å². The molecule has 1 aromatic carbocycles. The summed E-state index contributed by atoms with van der Waals surface area (Å²) in [6.07, 6.45) is 4.93. The highest BCUT2D eigenvalue weighted by Crippen LogP contribution is 2.27. The number of fused-ring (bicyclic) bond motifs is 1. The molecule has 0 aliphatic rings. The largest absolute Gasteiger partial charge is 0.437 e. The van der Waals surface area contributed by atoms with Gasteiger partial charge in [0.15, 0.2) is 0 Å². The van der Waals surface area contributed by atoms with Gasteiger partial charge < -0.3 is 4.74 Å². The number of aromatic nitrogens is 3. The van der Waals surface area contributed by atoms with E-state index < -0.39 is 0 Å². The molecule has 0 aliphatic heterocycles. The SMILES string of the molecule is ClCc1cncc(Oc2cccc3ncccc23)n1. The third-order valence-corrected chi connectivity index (χ3v) is 2.89. The highest BCUT2D eigenvalue weighted by Gasteiger charge is 2.05. The Bertz CT molecular complexity index is 712. The smallest absolute Gasteiger partial charge is 0.238 e. The summed E-state index contributed by atoms with van der Waals surface area (Å²) in [5, 5.41) is 0.933. The molecule has 0 N–H and O–H groups in total. The Balaban J connectivity index is 2.01. The van der Waals surface area contributed by atoms with Gasteiger partial charge in [0.05, 0.1) is 23.3 Å². The number of rotatable bonds is 3. The normalized spacial score (nSPS) is 10.6. The van der Waals surface area contributed by atoms with Crippen molar-refractivity contribution in [2.45, 2.75) is 5.88 Å². The molecule has 5 heteroatoms. The Labute approximate surface area is 115 Å². The molecule has 0 atom stereocenters. The quantitative estimate of drug-likeness (QED) is 0.684. The first kappa shape index (κ1) is 11.9. The Morgan fingerprint density at radius 1 is 1.11 bits per heavy atom. The minimum absolute atomic E-state index is 0.307. The van der Waals surface area contributed by atoms with Crippen LogP contribution < -0.4 is 4.74 Å². The molecule has 94 valence electrons. The maximum absolute atomic E-state index is 5.76. The lowest BCUT2D eigenvalue weighted by Gasteiger charge is -2.07. The first-order valence-electron chi connectivity index (χ1n) is 5.75. The summed E-state index contributed by atoms with van der Waals surface area (Å²) in [6, 6.07) is 9.53. The number of nitrogens with zero attached hydrogens (tertiary/aromatic N) is 3. The van der Waals surface area contributed by atoms with Crippen molar-refractivity contribution < 1.29 is 4.74 Å². The van der Waals surface area contributed by atoms with Gasteiger partial charge in [-0.25, -0.2) is 4.98 Å². The van der Waals surface area contributed by atoms with E-state index in [2.05, 4.69) is 15.0 Å². The van der Waals surface area contributed by atoms with Crippen molar-refractivity contribution in [1.29, 1.82) is 0 Å². The fourth-order valence-electron chi connectivity index (χ4n) is 1.78. The molecule has 0 aliphatic carbocycles. The third kappa shape index (κ3) is 2.48. The molecule has 0 unspecified atom stereocenters. The van der Waals surface area contributed by atoms with Crippen molar-refractivity contribution in [3.63, 3.8) is 0 Å². The van der Waals surface area contributed by atoms with E-state index in [0.717, 1.165) is 10.9 Å². The molecule has 0 radical (unpaired) electrons. The van der Waals surface area contributed by atoms with Gasteiger partial charge in [0.25, 0.3) is 0 Å². The van der Waals surface area contributed by atoms with Crippen LogP contribution in [-0.4, -0.2) is 15.0 Å². The molecule has 0 saturated heterocycles. The van der Waals surface area contributed by atoms with Gasteiger partial charge in [-0.3, -0.25) is 9.97 Å². The van der Waals surface area contributed by atoms with Crippen molar-refractivity contribution in [3.8, 4) is 11.6 Å². The topological polar surface area (TPSA) is 47.9 Å². The Hall–Kier alpha value is -2.20. The van der Waals surface area contributed by atoms with Crippen LogP contribution >= 0.6 is 11.6 Å². The van der Waals surface area contributed by atoms with Gasteiger partial charge in [0.1, 0.15) is 5.75 Å². The first-order chi connectivity index (χ1) is 9.36. The second-order valence-electron chi connectivity index (χ2n) is 3.91. The summed E-state index contributed by atoms with van der Waals surface area (Å²) in [5.41, 5.74) is 1.55. The van der Waals surface area contributed by atoms with Crippen LogP contribution in [0.15, 0.2) is 48.9 Å². The van der Waals surface area contributed by atoms with E-state index in [1.807, 2.05) is 30.3 Å². The molecule has 3 aromatic rings. The lowest BCUT2D eigenvalue weighted by atomic mass is 10.2. The molecule has 4 nitrogen and oxygen atoms in total. The summed E-state index contributed by atoms with van der Waals surface area (Å²) < 4.78 is 5.76. The summed E-state index contributed by atoms with van der Waals surface area (Å²) in [5.74, 6) is 1.43. The van der Waals surface area contributed by atoms with Gasteiger partial charge in [-0.05, 0) is 24.3 Å². The highest BCUT2D eigenvalue weighted by atomic mass is 35.5. The maximum Gasteiger partial charge on any atom is 0.238 e. The molecule has 0 bridgehead atoms. The van der Waals surface area contributed by atoms with E-state index in [1.165, 1.54) is 0 Å². The van der Waals surface area contributed by atoms with E-state index >= 15 is 0 Å². The molecular formula is C14H10ClN3O. The van der Waals surface area contributed by atoms with Crippen LogP contribution in [0, 0.1) is 0 Å². The standard InChI is InChI=1S/C14H10ClN3O/c15-7-10-8-16-9-14(18-10)19-13-5-1-4-12-11(13)3-2-6-17-12/h1-6,8-9H,7H2. The van der Waals surface area contributed by atoms with Crippen molar-refractivity contribution in [2.24, 2.45) is 0 Å². The van der Waals surface area contributed by atoms with Gasteiger partial charge >= 0.3 is 0 Å². The van der Waals surface area contributed by atoms with Crippen molar-refractivity contribution >= 4 is 22.5 Å². The van der Waals surface area contributed by atoms with Gasteiger partial charge in [0.2, 0.25) is 5.88 Å². The van der Waals surface area contributed by atoms with Gasteiger partial charge in [0, 0.05) is 17.8 Å². The molecule has 0 saturated carbocycles. The van der Waals surface area contributed by atoms with Gasteiger partial charge in [-0.2, -0.15) is 0 Å². The Kier molecular flexibility index (Phi) is 3.25. The zero-order chi connectivity index (χ0) is 13.1. The van der Waals surface area contributed by atoms with Crippen LogP contribution in [0.1, 0.15) is 5.69 Å². The fourth-order valence-corrected chi connectivity index (χ4v) is 1.91. The van der Waals surface area contributed by atoms with E-state index in [0.29, 0.717) is 23.2 Å². The molecule has 3 rings (SSSR count). The summed E-state index contributed by atoms with van der Waals surface area (Å²) >= 11 is 5.73. The van der Waals surface area contributed by atoms with E-state index in [1.54, 1.807) is 18.6 Å². The zero-order valence-electron chi connectivity index (χ0n) is 9.95. The van der Waals surface area contributed by atoms with Crippen molar-refractivity contribution in [1.82, 2.24) is 15.0 Å². The lowest BCUT2D eigenvalue weighted by Crippen LogP contribution is -1.93. The van der Waals surface area contributed by atoms with Crippen LogP contribution in [-0.2, 0) is 5.88 Å². The second-order valence-corrected chi connectivity index (χ2v) is 4.18. The molecule has 0 fully saturated rings. The number of benzene rings is 1. The van der Waals surface area contributed by atoms with Crippen LogP contribution in [0.5, 0.6) is 11.6 Å². The summed E-state index contributed by atoms with van der Waals surface area (Å²) in [7, 11) is 0. The average molecular weight is 272 g/mol. The number of halogens is 1. The number of hydrogen-bond donors (Lipinski definition) is 0. The number of pyridine rings is 1. The predicted octanol–water partition coefficient (Wildman–Crippen LogP) is 3.56. The lowest BCUT2D eigenvalue weighted by molar-refractivity contribution is 0.463. The van der Waals surface area contributed by atoms with Crippen LogP contribution in [0.3, 0.4) is 0 Å². The molecule has 19 heavy (non-hydrogen) atoms. The second kappa shape index (κ2) is 5.20. The minimum atomic E-state index is 0.307. The first-order valence-corrected chi connectivity index (χ1v) is 6.29. The van der Waals surface area contributed by atoms with Crippen molar-refractivity contribution in [2.75, 3.05) is 0 Å². The highest BCUT2D eigenvalue weighted by molar-refractivity contribution is 6.16. The van der Waals surface area contributed by atoms with Crippen LogP contribution in [0.25, 0.3) is 10.9 Å². The van der Waals surface area contributed by atoms with E-state index in [4.69, 9.17) is 16.3 Å². The molecule has 2 aromatic heterocycles. The van der Waals surface area contributed by atoms with E-state index in [9.17, 15) is 0 Å². The predicted molar refractivity (Wildman–Crippen MR) is 73.4 cm³/mol. The third-order valence-electron chi connectivity index (χ3n) is 2.62. The van der Waals surface area contributed by atoms with E-state index in [-0.39, 0.29) is 0 Å². The van der Waals surface area contributed by atoms with Crippen LogP contribution in [0.4, 0.5) is 0 Å². The Morgan fingerprint density at radius 3 is 2.95 bits per heavy atom. The summed E-state index contributed by atoms with van der Waals surface area (Å²) in [4.78, 5) is 12.6. The average Bonchev–Trinajstić information content (AvgIpc) is 2.48. The number of ether oxygens (including phenoxy) is 1. The van der Waals surface area contributed by atoms with Crippen molar-refractivity contribution in [3.05, 3.63) is 54.6 Å². The molecule has 2 heterocycles. The maximum atomic E-state index is 5.76. The van der Waals surface area contributed by atoms with Crippen LogP contribution in [0.2, 0.25) is 0 Å². The molecule has 0 amide bonds.